The van der Waals surface area contributed by atoms with Crippen LogP contribution in [0.25, 0.3) is 0 Å². The number of aromatic nitrogens is 2. The molecule has 3 N–H and O–H groups in total. The van der Waals surface area contributed by atoms with Crippen molar-refractivity contribution >= 4 is 54.9 Å². The van der Waals surface area contributed by atoms with Gasteiger partial charge in [-0.3, -0.25) is 9.52 Å². The number of benzene rings is 3. The van der Waals surface area contributed by atoms with Crippen molar-refractivity contribution in [2.75, 3.05) is 14.8 Å². The fraction of sp³-hybridized carbons (Fsp3) is 0.0800. The van der Waals surface area contributed by atoms with Crippen molar-refractivity contribution in [1.82, 2.24) is 9.97 Å². The first-order valence-electron chi connectivity index (χ1n) is 11.1. The third-order valence-corrected chi connectivity index (χ3v) is 8.40. The Morgan fingerprint density at radius 1 is 0.816 bits per heavy atom. The second-order valence-corrected chi connectivity index (χ2v) is 12.0. The van der Waals surface area contributed by atoms with Crippen LogP contribution in [0.15, 0.2) is 88.8 Å². The Bertz CT molecular complexity index is 1730. The van der Waals surface area contributed by atoms with E-state index >= 15 is 0 Å². The molecule has 13 heteroatoms. The van der Waals surface area contributed by atoms with E-state index in [1.54, 1.807) is 31.2 Å². The van der Waals surface area contributed by atoms with Crippen LogP contribution in [-0.4, -0.2) is 32.7 Å². The lowest BCUT2D eigenvalue weighted by atomic mass is 10.2. The van der Waals surface area contributed by atoms with Gasteiger partial charge in [-0.05, 0) is 80.1 Å². The second kappa shape index (κ2) is 10.8. The molecule has 3 aromatic carbocycles. The summed E-state index contributed by atoms with van der Waals surface area (Å²) in [6, 6.07) is 17.7. The second-order valence-electron chi connectivity index (χ2n) is 8.23. The molecule has 0 spiro atoms. The van der Waals surface area contributed by atoms with Crippen LogP contribution in [0.4, 0.5) is 17.3 Å². The lowest BCUT2D eigenvalue weighted by molar-refractivity contribution is 0.102. The molecule has 4 rings (SSSR count). The van der Waals surface area contributed by atoms with Crippen molar-refractivity contribution in [1.29, 1.82) is 0 Å². The molecule has 38 heavy (non-hydrogen) atoms. The lowest BCUT2D eigenvalue weighted by Gasteiger charge is -2.12. The highest BCUT2D eigenvalue weighted by Gasteiger charge is 2.21. The highest BCUT2D eigenvalue weighted by molar-refractivity contribution is 7.93. The first kappa shape index (κ1) is 27.0. The van der Waals surface area contributed by atoms with Gasteiger partial charge in [0, 0.05) is 28.8 Å². The van der Waals surface area contributed by atoms with Crippen molar-refractivity contribution in [2.45, 2.75) is 23.6 Å². The average Bonchev–Trinajstić information content (AvgIpc) is 2.84. The third kappa shape index (κ3) is 6.46. The highest BCUT2D eigenvalue weighted by Crippen LogP contribution is 2.26. The molecule has 0 unspecified atom stereocenters. The molecule has 1 amide bonds. The van der Waals surface area contributed by atoms with Crippen molar-refractivity contribution in [3.8, 4) is 0 Å². The van der Waals surface area contributed by atoms with Gasteiger partial charge in [0.15, 0.2) is 0 Å². The predicted molar refractivity (Wildman–Crippen MR) is 145 cm³/mol. The van der Waals surface area contributed by atoms with E-state index in [9.17, 15) is 21.6 Å². The summed E-state index contributed by atoms with van der Waals surface area (Å²) in [4.78, 5) is 20.4. The molecule has 4 aromatic rings. The van der Waals surface area contributed by atoms with Crippen molar-refractivity contribution in [3.63, 3.8) is 0 Å². The van der Waals surface area contributed by atoms with Crippen LogP contribution in [0.3, 0.4) is 0 Å². The Balaban J connectivity index is 1.50. The number of halogens is 1. The minimum absolute atomic E-state index is 0.0361. The molecular weight excluding hydrogens is 550 g/mol. The predicted octanol–water partition coefficient (Wildman–Crippen LogP) is 4.60. The number of anilines is 3. The first-order chi connectivity index (χ1) is 17.9. The Labute approximate surface area is 225 Å². The van der Waals surface area contributed by atoms with Gasteiger partial charge >= 0.3 is 0 Å². The minimum Gasteiger partial charge on any atom is -0.322 e. The molecule has 0 saturated carbocycles. The number of hydrogen-bond donors (Lipinski definition) is 3. The van der Waals surface area contributed by atoms with E-state index in [1.165, 1.54) is 48.7 Å². The number of aryl methyl sites for hydroxylation is 2. The third-order valence-electron chi connectivity index (χ3n) is 5.20. The molecule has 0 saturated heterocycles. The zero-order chi connectivity index (χ0) is 27.5. The van der Waals surface area contributed by atoms with Gasteiger partial charge in [-0.2, -0.15) is 0 Å². The van der Waals surface area contributed by atoms with Crippen LogP contribution in [0.1, 0.15) is 21.6 Å². The molecule has 0 aliphatic carbocycles. The molecule has 196 valence electrons. The van der Waals surface area contributed by atoms with Crippen LogP contribution in [0.2, 0.25) is 5.02 Å². The molecule has 0 aliphatic rings. The van der Waals surface area contributed by atoms with Crippen LogP contribution in [0, 0.1) is 13.8 Å². The monoisotopic (exact) mass is 571 g/mol. The van der Waals surface area contributed by atoms with Gasteiger partial charge in [0.2, 0.25) is 5.95 Å². The molecule has 0 radical (unpaired) electrons. The van der Waals surface area contributed by atoms with Crippen LogP contribution < -0.4 is 14.8 Å². The van der Waals surface area contributed by atoms with Crippen LogP contribution in [-0.2, 0) is 20.0 Å². The Morgan fingerprint density at radius 3 is 2.24 bits per heavy atom. The summed E-state index contributed by atoms with van der Waals surface area (Å²) >= 11 is 6.15. The maximum Gasteiger partial charge on any atom is 0.264 e. The van der Waals surface area contributed by atoms with Crippen molar-refractivity contribution in [3.05, 3.63) is 101 Å². The quantitative estimate of drug-likeness (QED) is 0.280. The summed E-state index contributed by atoms with van der Waals surface area (Å²) in [7, 11) is -8.04. The van der Waals surface area contributed by atoms with Gasteiger partial charge in [0.25, 0.3) is 26.0 Å². The number of nitrogens with one attached hydrogen (secondary N) is 3. The molecule has 1 heterocycles. The summed E-state index contributed by atoms with van der Waals surface area (Å²) in [5.74, 6) is -0.677. The van der Waals surface area contributed by atoms with Crippen LogP contribution in [0.5, 0.6) is 0 Å². The normalized spacial score (nSPS) is 11.6. The highest BCUT2D eigenvalue weighted by atomic mass is 35.5. The summed E-state index contributed by atoms with van der Waals surface area (Å²) in [6.45, 7) is 3.53. The van der Waals surface area contributed by atoms with Gasteiger partial charge in [-0.25, -0.2) is 31.5 Å². The number of amides is 1. The number of carbonyl (C=O) groups is 1. The molecule has 10 nitrogen and oxygen atoms in total. The maximum absolute atomic E-state index is 12.9. The van der Waals surface area contributed by atoms with Crippen molar-refractivity contribution < 1.29 is 21.6 Å². The van der Waals surface area contributed by atoms with E-state index in [2.05, 4.69) is 24.7 Å². The van der Waals surface area contributed by atoms with Gasteiger partial charge < -0.3 is 5.32 Å². The van der Waals surface area contributed by atoms with E-state index in [4.69, 9.17) is 11.6 Å². The Morgan fingerprint density at radius 2 is 1.55 bits per heavy atom. The van der Waals surface area contributed by atoms with E-state index in [0.29, 0.717) is 11.4 Å². The van der Waals surface area contributed by atoms with Gasteiger partial charge in [0.1, 0.15) is 4.90 Å². The first-order valence-corrected chi connectivity index (χ1v) is 14.4. The number of sulfonamides is 2. The topological polar surface area (TPSA) is 147 Å². The standard InChI is InChI=1S/C25H22ClN5O5S2/c1-16-4-3-5-20(14-16)30-38(35,36)23-15-18(6-11-22(23)26)24(32)29-19-7-9-21(10-8-19)37(33,34)31-25-27-13-12-17(2)28-25/h3-15,30H,1-2H3,(H,29,32)(H,27,28,31). The lowest BCUT2D eigenvalue weighted by Crippen LogP contribution is -2.17. The largest absolute Gasteiger partial charge is 0.322 e. The Kier molecular flexibility index (Phi) is 7.67. The summed E-state index contributed by atoms with van der Waals surface area (Å²) in [6.07, 6.45) is 1.44. The summed E-state index contributed by atoms with van der Waals surface area (Å²) < 4.78 is 55.9. The summed E-state index contributed by atoms with van der Waals surface area (Å²) in [5.41, 5.74) is 2.14. The van der Waals surface area contributed by atoms with E-state index in [0.717, 1.165) is 5.56 Å². The fourth-order valence-corrected chi connectivity index (χ4v) is 5.89. The minimum atomic E-state index is -4.09. The molecule has 0 atom stereocenters. The smallest absolute Gasteiger partial charge is 0.264 e. The molecule has 1 aromatic heterocycles. The molecule has 0 bridgehead atoms. The van der Waals surface area contributed by atoms with Gasteiger partial charge in [-0.15, -0.1) is 0 Å². The maximum atomic E-state index is 12.9. The molecule has 0 fully saturated rings. The zero-order valence-corrected chi connectivity index (χ0v) is 22.5. The SMILES string of the molecule is Cc1cccc(NS(=O)(=O)c2cc(C(=O)Nc3ccc(S(=O)(=O)Nc4nccc(C)n4)cc3)ccc2Cl)c1. The van der Waals surface area contributed by atoms with E-state index in [-0.39, 0.29) is 32.0 Å². The number of rotatable bonds is 8. The Hall–Kier alpha value is -4.00. The average molecular weight is 572 g/mol. The zero-order valence-electron chi connectivity index (χ0n) is 20.1. The fourth-order valence-electron chi connectivity index (χ4n) is 3.37. The van der Waals surface area contributed by atoms with E-state index in [1.807, 2.05) is 13.0 Å². The number of carbonyl (C=O) groups excluding carboxylic acids is 1. The van der Waals surface area contributed by atoms with Crippen LogP contribution >= 0.6 is 11.6 Å². The molecular formula is C25H22ClN5O5S2. The number of nitrogens with zero attached hydrogens (tertiary/aromatic N) is 2. The number of hydrogen-bond acceptors (Lipinski definition) is 7. The van der Waals surface area contributed by atoms with Gasteiger partial charge in [-0.1, -0.05) is 23.7 Å². The van der Waals surface area contributed by atoms with E-state index < -0.39 is 26.0 Å². The molecule has 0 aliphatic heterocycles. The summed E-state index contributed by atoms with van der Waals surface area (Å²) in [5, 5.41) is 2.56. The van der Waals surface area contributed by atoms with Crippen molar-refractivity contribution in [2.24, 2.45) is 0 Å². The van der Waals surface area contributed by atoms with Gasteiger partial charge in [0.05, 0.1) is 9.92 Å².